The molecule has 1 amide bonds. The molecule has 0 aliphatic carbocycles. The Morgan fingerprint density at radius 3 is 2.25 bits per heavy atom. The van der Waals surface area contributed by atoms with Gasteiger partial charge in [0, 0.05) is 37.7 Å². The van der Waals surface area contributed by atoms with E-state index in [-0.39, 0.29) is 28.5 Å². The molecule has 7 nitrogen and oxygen atoms in total. The van der Waals surface area contributed by atoms with Crippen LogP contribution in [0.3, 0.4) is 0 Å². The second-order valence-electron chi connectivity index (χ2n) is 8.14. The molecule has 2 aromatic rings. The van der Waals surface area contributed by atoms with Gasteiger partial charge in [-0.05, 0) is 56.0 Å². The highest BCUT2D eigenvalue weighted by Gasteiger charge is 2.32. The van der Waals surface area contributed by atoms with Gasteiger partial charge in [0.05, 0.1) is 10.0 Å². The smallest absolute Gasteiger partial charge is 0.289 e. The van der Waals surface area contributed by atoms with Crippen LogP contribution in [0, 0.1) is 5.92 Å². The van der Waals surface area contributed by atoms with Crippen molar-refractivity contribution in [3.63, 3.8) is 0 Å². The molecule has 0 spiro atoms. The number of hydrogen-bond acceptors (Lipinski definition) is 5. The minimum Gasteiger partial charge on any atom is -0.438 e. The number of likely N-dealkylation sites (tertiary alicyclic amines) is 1. The molecule has 0 radical (unpaired) electrons. The van der Waals surface area contributed by atoms with E-state index in [1.54, 1.807) is 23.1 Å². The van der Waals surface area contributed by atoms with E-state index in [0.29, 0.717) is 54.6 Å². The highest BCUT2D eigenvalue weighted by molar-refractivity contribution is 7.89. The van der Waals surface area contributed by atoms with Crippen molar-refractivity contribution in [1.29, 1.82) is 0 Å². The van der Waals surface area contributed by atoms with Gasteiger partial charge >= 0.3 is 0 Å². The van der Waals surface area contributed by atoms with Crippen LogP contribution in [0.25, 0.3) is 0 Å². The third-order valence-corrected chi connectivity index (χ3v) is 8.57. The zero-order chi connectivity index (χ0) is 22.9. The molecule has 0 atom stereocenters. The summed E-state index contributed by atoms with van der Waals surface area (Å²) >= 11 is 11.9. The van der Waals surface area contributed by atoms with Crippen LogP contribution < -0.4 is 0 Å². The minimum atomic E-state index is -3.73. The van der Waals surface area contributed by atoms with Gasteiger partial charge in [0.15, 0.2) is 11.5 Å². The first-order chi connectivity index (χ1) is 15.3. The van der Waals surface area contributed by atoms with Crippen molar-refractivity contribution in [3.05, 3.63) is 51.7 Å². The van der Waals surface area contributed by atoms with Crippen LogP contribution in [0.1, 0.15) is 53.0 Å². The lowest BCUT2D eigenvalue weighted by atomic mass is 9.89. The molecule has 2 fully saturated rings. The molecule has 2 aliphatic heterocycles. The van der Waals surface area contributed by atoms with Crippen molar-refractivity contribution < 1.29 is 22.4 Å². The molecule has 32 heavy (non-hydrogen) atoms. The van der Waals surface area contributed by atoms with Gasteiger partial charge in [-0.15, -0.1) is 0 Å². The summed E-state index contributed by atoms with van der Waals surface area (Å²) in [7, 11) is -3.73. The monoisotopic (exact) mass is 498 g/mol. The number of piperidine rings is 2. The molecular weight excluding hydrogens is 475 g/mol. The van der Waals surface area contributed by atoms with E-state index in [2.05, 4.69) is 0 Å². The Morgan fingerprint density at radius 2 is 1.59 bits per heavy atom. The molecule has 1 aromatic heterocycles. The number of hydrogen-bond donors (Lipinski definition) is 0. The molecule has 0 saturated carbocycles. The number of furan rings is 1. The summed E-state index contributed by atoms with van der Waals surface area (Å²) < 4.78 is 32.4. The second kappa shape index (κ2) is 9.55. The van der Waals surface area contributed by atoms with Gasteiger partial charge in [-0.2, -0.15) is 4.31 Å². The first kappa shape index (κ1) is 23.3. The zero-order valence-electron chi connectivity index (χ0n) is 17.4. The standard InChI is InChI=1S/C22H24Cl2N2O5S/c23-17-5-4-16(14-18(17)24)21(27)15-8-12-25(13-9-15)22(28)19-6-7-20(31-19)32(29,30)26-10-2-1-3-11-26/h4-7,14-15H,1-3,8-13H2. The maximum atomic E-state index is 12.9. The minimum absolute atomic E-state index is 0.00477. The van der Waals surface area contributed by atoms with Crippen molar-refractivity contribution in [3.8, 4) is 0 Å². The number of ketones is 1. The summed E-state index contributed by atoms with van der Waals surface area (Å²) in [5, 5.41) is 0.523. The largest absolute Gasteiger partial charge is 0.438 e. The summed E-state index contributed by atoms with van der Waals surface area (Å²) in [6.45, 7) is 1.69. The Hall–Kier alpha value is -1.87. The fourth-order valence-electron chi connectivity index (χ4n) is 4.19. The number of carbonyl (C=O) groups is 2. The van der Waals surface area contributed by atoms with Crippen molar-refractivity contribution in [1.82, 2.24) is 9.21 Å². The molecule has 0 unspecified atom stereocenters. The van der Waals surface area contributed by atoms with E-state index in [4.69, 9.17) is 27.6 Å². The summed E-state index contributed by atoms with van der Waals surface area (Å²) in [6.07, 6.45) is 3.66. The lowest BCUT2D eigenvalue weighted by molar-refractivity contribution is 0.0619. The first-order valence-corrected chi connectivity index (χ1v) is 12.9. The Labute approximate surface area is 197 Å². The summed E-state index contributed by atoms with van der Waals surface area (Å²) in [4.78, 5) is 27.2. The zero-order valence-corrected chi connectivity index (χ0v) is 19.8. The van der Waals surface area contributed by atoms with E-state index in [1.165, 1.54) is 16.4 Å². The average Bonchev–Trinajstić information content (AvgIpc) is 3.32. The summed E-state index contributed by atoms with van der Waals surface area (Å²) in [5.41, 5.74) is 0.503. The van der Waals surface area contributed by atoms with E-state index < -0.39 is 10.0 Å². The van der Waals surface area contributed by atoms with E-state index >= 15 is 0 Å². The summed E-state index contributed by atoms with van der Waals surface area (Å²) in [6, 6.07) is 7.57. The van der Waals surface area contributed by atoms with Crippen LogP contribution in [0.2, 0.25) is 10.0 Å². The van der Waals surface area contributed by atoms with Crippen LogP contribution >= 0.6 is 23.2 Å². The SMILES string of the molecule is O=C(c1ccc(Cl)c(Cl)c1)C1CCN(C(=O)c2ccc(S(=O)(=O)N3CCCCC3)o2)CC1. The third kappa shape index (κ3) is 4.73. The Kier molecular flexibility index (Phi) is 6.95. The van der Waals surface area contributed by atoms with Gasteiger partial charge in [0.1, 0.15) is 0 Å². The average molecular weight is 499 g/mol. The molecule has 172 valence electrons. The topological polar surface area (TPSA) is 87.9 Å². The maximum Gasteiger partial charge on any atom is 0.289 e. The second-order valence-corrected chi connectivity index (χ2v) is 10.8. The molecule has 3 heterocycles. The molecule has 2 aliphatic rings. The highest BCUT2D eigenvalue weighted by Crippen LogP contribution is 2.28. The predicted molar refractivity (Wildman–Crippen MR) is 121 cm³/mol. The fourth-order valence-corrected chi connectivity index (χ4v) is 5.92. The fraction of sp³-hybridized carbons (Fsp3) is 0.455. The van der Waals surface area contributed by atoms with Crippen LogP contribution in [-0.4, -0.2) is 55.5 Å². The molecule has 4 rings (SSSR count). The number of rotatable bonds is 5. The van der Waals surface area contributed by atoms with E-state index in [1.807, 2.05) is 0 Å². The Morgan fingerprint density at radius 1 is 0.906 bits per heavy atom. The molecule has 10 heteroatoms. The highest BCUT2D eigenvalue weighted by atomic mass is 35.5. The first-order valence-electron chi connectivity index (χ1n) is 10.7. The van der Waals surface area contributed by atoms with Crippen LogP contribution in [-0.2, 0) is 10.0 Å². The molecular formula is C22H24Cl2N2O5S. The Bertz CT molecular complexity index is 1120. The summed E-state index contributed by atoms with van der Waals surface area (Å²) in [5.74, 6) is -0.619. The quantitative estimate of drug-likeness (QED) is 0.566. The van der Waals surface area contributed by atoms with Crippen LogP contribution in [0.15, 0.2) is 39.8 Å². The van der Waals surface area contributed by atoms with Crippen LogP contribution in [0.4, 0.5) is 0 Å². The lowest BCUT2D eigenvalue weighted by Gasteiger charge is -2.30. The van der Waals surface area contributed by atoms with Crippen molar-refractivity contribution in [2.45, 2.75) is 37.2 Å². The Balaban J connectivity index is 1.38. The van der Waals surface area contributed by atoms with Crippen molar-refractivity contribution >= 4 is 44.9 Å². The van der Waals surface area contributed by atoms with E-state index in [0.717, 1.165) is 19.3 Å². The number of amides is 1. The van der Waals surface area contributed by atoms with Gasteiger partial charge in [0.2, 0.25) is 5.09 Å². The number of halogens is 2. The van der Waals surface area contributed by atoms with Gasteiger partial charge < -0.3 is 9.32 Å². The molecule has 2 saturated heterocycles. The van der Waals surface area contributed by atoms with Crippen LogP contribution in [0.5, 0.6) is 0 Å². The van der Waals surface area contributed by atoms with Crippen molar-refractivity contribution in [2.75, 3.05) is 26.2 Å². The number of Topliss-reactive ketones (excluding diaryl/α,β-unsaturated/α-hetero) is 1. The maximum absolute atomic E-state index is 12.9. The van der Waals surface area contributed by atoms with Gasteiger partial charge in [-0.25, -0.2) is 8.42 Å². The lowest BCUT2D eigenvalue weighted by Crippen LogP contribution is -2.40. The number of nitrogens with zero attached hydrogens (tertiary/aromatic N) is 2. The molecule has 0 N–H and O–H groups in total. The van der Waals surface area contributed by atoms with Crippen molar-refractivity contribution in [2.24, 2.45) is 5.92 Å². The number of carbonyl (C=O) groups excluding carboxylic acids is 2. The van der Waals surface area contributed by atoms with E-state index in [9.17, 15) is 18.0 Å². The normalized spacial score (nSPS) is 18.6. The predicted octanol–water partition coefficient (Wildman–Crippen LogP) is 4.50. The molecule has 1 aromatic carbocycles. The number of benzene rings is 1. The van der Waals surface area contributed by atoms with Gasteiger partial charge in [0.25, 0.3) is 15.9 Å². The third-order valence-electron chi connectivity index (χ3n) is 6.06. The molecule has 0 bridgehead atoms. The van der Waals surface area contributed by atoms with Gasteiger partial charge in [-0.1, -0.05) is 29.6 Å². The number of sulfonamides is 1. The van der Waals surface area contributed by atoms with Gasteiger partial charge in [-0.3, -0.25) is 9.59 Å².